The van der Waals surface area contributed by atoms with Gasteiger partial charge >= 0.3 is 0 Å². The molecule has 3 aromatic rings. The summed E-state index contributed by atoms with van der Waals surface area (Å²) in [4.78, 5) is 0. The quantitative estimate of drug-likeness (QED) is 0.348. The highest BCUT2D eigenvalue weighted by molar-refractivity contribution is 7.44. The van der Waals surface area contributed by atoms with Gasteiger partial charge in [0.1, 0.15) is 0 Å². The summed E-state index contributed by atoms with van der Waals surface area (Å²) in [5, 5.41) is 6.15. The molecule has 0 atom stereocenters. The van der Waals surface area contributed by atoms with Gasteiger partial charge in [0.2, 0.25) is 0 Å². The monoisotopic (exact) mass is 408 g/mol. The summed E-state index contributed by atoms with van der Waals surface area (Å²) in [7, 11) is 0.755. The molecule has 0 unspecified atom stereocenters. The maximum absolute atomic E-state index is 2.50. The van der Waals surface area contributed by atoms with Gasteiger partial charge < -0.3 is 0 Å². The minimum atomic E-state index is 0.148. The second-order valence-electron chi connectivity index (χ2n) is 13.0. The molecule has 0 aliphatic carbocycles. The molecule has 1 aromatic heterocycles. The Morgan fingerprint density at radius 2 is 0.759 bits per heavy atom. The first-order valence-corrected chi connectivity index (χ1v) is 12.1. The Balaban J connectivity index is 2.58. The van der Waals surface area contributed by atoms with Crippen LogP contribution in [0.25, 0.3) is 21.0 Å². The van der Waals surface area contributed by atoms with Crippen molar-refractivity contribution in [2.24, 2.45) is 0 Å². The van der Waals surface area contributed by atoms with E-state index >= 15 is 0 Å². The summed E-state index contributed by atoms with van der Waals surface area (Å²) in [6, 6.07) is 10.0. The van der Waals surface area contributed by atoms with Crippen LogP contribution in [0.2, 0.25) is 0 Å². The third kappa shape index (κ3) is 4.16. The zero-order chi connectivity index (χ0) is 22.2. The molecule has 0 aliphatic heterocycles. The van der Waals surface area contributed by atoms with Crippen molar-refractivity contribution in [1.82, 2.24) is 0 Å². The van der Waals surface area contributed by atoms with Crippen molar-refractivity contribution < 1.29 is 0 Å². The van der Waals surface area contributed by atoms with Gasteiger partial charge in [-0.25, -0.2) is 0 Å². The number of hydrogen-bond acceptors (Lipinski definition) is 0. The standard InChI is InChI=1S/C28H41P/c1-25(2,3)17-13-19-20-14-18(26(4,5)6)16-22(28(10,11)12)24(20)29-23(19)21(15-17)27(7,8)9/h13-16,29H,1-12H3. The molecule has 1 heteroatoms. The third-order valence-corrected chi connectivity index (χ3v) is 7.74. The summed E-state index contributed by atoms with van der Waals surface area (Å²) < 4.78 is 0. The minimum Gasteiger partial charge on any atom is -0.123 e. The molecule has 1 heterocycles. The van der Waals surface area contributed by atoms with Gasteiger partial charge in [-0.3, -0.25) is 0 Å². The van der Waals surface area contributed by atoms with Crippen molar-refractivity contribution >= 4 is 29.2 Å². The van der Waals surface area contributed by atoms with E-state index in [4.69, 9.17) is 0 Å². The number of benzene rings is 2. The SMILES string of the molecule is CC(C)(C)c1cc(C(C)(C)C)c2[pH]c3c(C(C)(C)C)cc(C(C)(C)C)cc3c2c1. The first-order valence-electron chi connectivity index (χ1n) is 11.1. The second kappa shape index (κ2) is 6.62. The van der Waals surface area contributed by atoms with E-state index in [0.717, 1.165) is 8.19 Å². The van der Waals surface area contributed by atoms with Crippen LogP contribution in [-0.4, -0.2) is 0 Å². The van der Waals surface area contributed by atoms with Crippen molar-refractivity contribution in [2.45, 2.75) is 105 Å². The Bertz CT molecular complexity index is 978. The Morgan fingerprint density at radius 1 is 0.448 bits per heavy atom. The highest BCUT2D eigenvalue weighted by atomic mass is 31.0. The Kier molecular flexibility index (Phi) is 5.12. The maximum Gasteiger partial charge on any atom is 0.00316 e. The smallest absolute Gasteiger partial charge is 0.00316 e. The number of rotatable bonds is 0. The van der Waals surface area contributed by atoms with Crippen LogP contribution in [0.5, 0.6) is 0 Å². The lowest BCUT2D eigenvalue weighted by molar-refractivity contribution is 0.572. The van der Waals surface area contributed by atoms with Gasteiger partial charge in [0.15, 0.2) is 0 Å². The number of hydrogen-bond donors (Lipinski definition) is 0. The molecule has 158 valence electrons. The van der Waals surface area contributed by atoms with E-state index in [1.54, 1.807) is 10.2 Å². The fraction of sp³-hybridized carbons (Fsp3) is 0.571. The average molecular weight is 409 g/mol. The topological polar surface area (TPSA) is 0 Å². The van der Waals surface area contributed by atoms with Gasteiger partial charge in [0.25, 0.3) is 0 Å². The van der Waals surface area contributed by atoms with Crippen molar-refractivity contribution in [2.75, 3.05) is 0 Å². The molecular formula is C28H41P. The predicted molar refractivity (Wildman–Crippen MR) is 136 cm³/mol. The highest BCUT2D eigenvalue weighted by Crippen LogP contribution is 2.49. The van der Waals surface area contributed by atoms with Gasteiger partial charge in [-0.2, -0.15) is 0 Å². The van der Waals surface area contributed by atoms with Crippen molar-refractivity contribution in [3.63, 3.8) is 0 Å². The van der Waals surface area contributed by atoms with Crippen LogP contribution in [0.4, 0.5) is 0 Å². The predicted octanol–water partition coefficient (Wildman–Crippen LogP) is 9.21. The van der Waals surface area contributed by atoms with Gasteiger partial charge in [-0.1, -0.05) is 95.2 Å². The molecule has 0 amide bonds. The normalized spacial score (nSPS) is 14.2. The Labute approximate surface area is 180 Å². The highest BCUT2D eigenvalue weighted by Gasteiger charge is 2.27. The van der Waals surface area contributed by atoms with Crippen molar-refractivity contribution in [3.8, 4) is 0 Å². The second-order valence-corrected chi connectivity index (χ2v) is 14.3. The molecule has 3 rings (SSSR count). The molecule has 29 heavy (non-hydrogen) atoms. The summed E-state index contributed by atoms with van der Waals surface area (Å²) in [6.45, 7) is 28.2. The molecule has 0 radical (unpaired) electrons. The maximum atomic E-state index is 2.50. The van der Waals surface area contributed by atoms with E-state index in [0.29, 0.717) is 0 Å². The largest absolute Gasteiger partial charge is 0.123 e. The Hall–Kier alpha value is -1.26. The van der Waals surface area contributed by atoms with Crippen LogP contribution in [0.15, 0.2) is 24.3 Å². The number of fused-ring (bicyclic) bond motifs is 3. The molecule has 0 saturated heterocycles. The van der Waals surface area contributed by atoms with Gasteiger partial charge in [0, 0.05) is 10.2 Å². The zero-order valence-electron chi connectivity index (χ0n) is 20.8. The van der Waals surface area contributed by atoms with Crippen molar-refractivity contribution in [3.05, 3.63) is 46.5 Å². The molecule has 0 aliphatic rings. The van der Waals surface area contributed by atoms with Crippen LogP contribution in [-0.2, 0) is 21.7 Å². The van der Waals surface area contributed by atoms with Gasteiger partial charge in [-0.15, -0.1) is 8.19 Å². The first-order chi connectivity index (χ1) is 12.9. The summed E-state index contributed by atoms with van der Waals surface area (Å²) in [5.74, 6) is 0. The van der Waals surface area contributed by atoms with Gasteiger partial charge in [0.05, 0.1) is 0 Å². The lowest BCUT2D eigenvalue weighted by Crippen LogP contribution is -2.16. The van der Waals surface area contributed by atoms with Crippen LogP contribution in [0.1, 0.15) is 105 Å². The van der Waals surface area contributed by atoms with Crippen LogP contribution >= 0.6 is 8.19 Å². The summed E-state index contributed by atoms with van der Waals surface area (Å²) in [5.41, 5.74) is 6.57. The van der Waals surface area contributed by atoms with Crippen molar-refractivity contribution in [1.29, 1.82) is 0 Å². The molecule has 0 spiro atoms. The van der Waals surface area contributed by atoms with E-state index in [2.05, 4.69) is 107 Å². The zero-order valence-corrected chi connectivity index (χ0v) is 21.8. The molecule has 0 nitrogen and oxygen atoms in total. The third-order valence-electron chi connectivity index (χ3n) is 6.16. The summed E-state index contributed by atoms with van der Waals surface area (Å²) >= 11 is 0. The summed E-state index contributed by atoms with van der Waals surface area (Å²) in [6.07, 6.45) is 0. The fourth-order valence-electron chi connectivity index (χ4n) is 4.15. The van der Waals surface area contributed by atoms with E-state index in [1.807, 2.05) is 0 Å². The molecule has 0 saturated carbocycles. The Morgan fingerprint density at radius 3 is 1.00 bits per heavy atom. The minimum absolute atomic E-state index is 0.148. The fourth-order valence-corrected chi connectivity index (χ4v) is 6.25. The molecule has 0 bridgehead atoms. The molecule has 0 N–H and O–H groups in total. The lowest BCUT2D eigenvalue weighted by Gasteiger charge is -2.26. The lowest BCUT2D eigenvalue weighted by atomic mass is 9.78. The van der Waals surface area contributed by atoms with E-state index in [9.17, 15) is 0 Å². The van der Waals surface area contributed by atoms with Crippen LogP contribution in [0.3, 0.4) is 0 Å². The van der Waals surface area contributed by atoms with Crippen LogP contribution in [0, 0.1) is 0 Å². The van der Waals surface area contributed by atoms with Gasteiger partial charge in [-0.05, 0) is 66.8 Å². The average Bonchev–Trinajstić information content (AvgIpc) is 2.87. The molecule has 2 aromatic carbocycles. The molecular weight excluding hydrogens is 367 g/mol. The van der Waals surface area contributed by atoms with E-state index in [-0.39, 0.29) is 21.7 Å². The molecule has 0 fully saturated rings. The first kappa shape index (κ1) is 22.4. The van der Waals surface area contributed by atoms with E-state index in [1.165, 1.54) is 33.0 Å². The van der Waals surface area contributed by atoms with Crippen LogP contribution < -0.4 is 0 Å². The van der Waals surface area contributed by atoms with E-state index < -0.39 is 0 Å².